The minimum Gasteiger partial charge on any atom is -0.312 e. The highest BCUT2D eigenvalue weighted by Gasteiger charge is 2.31. The maximum Gasteiger partial charge on any atom is 0.223 e. The van der Waals surface area contributed by atoms with Gasteiger partial charge in [0.1, 0.15) is 5.82 Å². The molecule has 1 aliphatic heterocycles. The zero-order chi connectivity index (χ0) is 19.1. The van der Waals surface area contributed by atoms with Gasteiger partial charge in [-0.3, -0.25) is 9.59 Å². The predicted octanol–water partition coefficient (Wildman–Crippen LogP) is 3.45. The molecule has 1 saturated carbocycles. The van der Waals surface area contributed by atoms with Crippen LogP contribution in [0.1, 0.15) is 61.3 Å². The molecule has 1 atom stereocenters. The second-order valence-corrected chi connectivity index (χ2v) is 8.56. The Morgan fingerprint density at radius 1 is 1.30 bits per heavy atom. The molecule has 1 fully saturated rings. The van der Waals surface area contributed by atoms with E-state index < -0.39 is 0 Å². The summed E-state index contributed by atoms with van der Waals surface area (Å²) in [6.45, 7) is 7.10. The normalized spacial score (nSPS) is 17.1. The van der Waals surface area contributed by atoms with E-state index in [1.165, 1.54) is 24.6 Å². The number of thioether (sulfide) groups is 1. The third-order valence-electron chi connectivity index (χ3n) is 5.30. The molecule has 1 aromatic heterocycles. The highest BCUT2D eigenvalue weighted by atomic mass is 32.2. The van der Waals surface area contributed by atoms with Crippen LogP contribution in [0.2, 0.25) is 0 Å². The summed E-state index contributed by atoms with van der Waals surface area (Å²) in [5.74, 6) is 1.73. The van der Waals surface area contributed by atoms with E-state index in [1.807, 2.05) is 25.1 Å². The Labute approximate surface area is 163 Å². The lowest BCUT2D eigenvalue weighted by molar-refractivity contribution is -0.116. The Morgan fingerprint density at radius 3 is 2.74 bits per heavy atom. The maximum absolute atomic E-state index is 13.0. The number of benzene rings is 1. The zero-order valence-electron chi connectivity index (χ0n) is 15.9. The Hall–Kier alpha value is -2.15. The fraction of sp³-hybridized carbons (Fsp3) is 0.500. The number of nitrogens with zero attached hydrogens (tertiary/aromatic N) is 4. The third-order valence-corrected chi connectivity index (χ3v) is 6.38. The number of ketones is 1. The van der Waals surface area contributed by atoms with Crippen LogP contribution in [0.15, 0.2) is 23.4 Å². The Kier molecular flexibility index (Phi) is 4.80. The number of anilines is 1. The van der Waals surface area contributed by atoms with Crippen molar-refractivity contribution < 1.29 is 9.59 Å². The van der Waals surface area contributed by atoms with Gasteiger partial charge in [0.15, 0.2) is 10.9 Å². The number of hydrogen-bond acceptors (Lipinski definition) is 5. The predicted molar refractivity (Wildman–Crippen MR) is 105 cm³/mol. The van der Waals surface area contributed by atoms with Crippen LogP contribution < -0.4 is 4.90 Å². The van der Waals surface area contributed by atoms with Crippen LogP contribution in [0.3, 0.4) is 0 Å². The van der Waals surface area contributed by atoms with E-state index in [9.17, 15) is 9.59 Å². The number of hydrogen-bond donors (Lipinski definition) is 0. The molecule has 4 rings (SSSR count). The van der Waals surface area contributed by atoms with Crippen LogP contribution in [0, 0.1) is 0 Å². The number of aromatic nitrogens is 3. The van der Waals surface area contributed by atoms with Gasteiger partial charge in [0.05, 0.1) is 5.25 Å². The van der Waals surface area contributed by atoms with Crippen LogP contribution in [-0.4, -0.2) is 38.2 Å². The molecule has 0 N–H and O–H groups in total. The van der Waals surface area contributed by atoms with Crippen LogP contribution in [0.4, 0.5) is 5.69 Å². The largest absolute Gasteiger partial charge is 0.312 e. The first kappa shape index (κ1) is 18.2. The van der Waals surface area contributed by atoms with E-state index >= 15 is 0 Å². The summed E-state index contributed by atoms with van der Waals surface area (Å²) in [5, 5.41) is 9.26. The molecular weight excluding hydrogens is 360 g/mol. The molecule has 2 heterocycles. The van der Waals surface area contributed by atoms with Crippen molar-refractivity contribution in [2.45, 2.75) is 62.9 Å². The molecule has 2 aromatic rings. The molecule has 0 saturated heterocycles. The number of carbonyl (C=O) groups excluding carboxylic acids is 2. The fourth-order valence-corrected chi connectivity index (χ4v) is 4.65. The second kappa shape index (κ2) is 7.11. The lowest BCUT2D eigenvalue weighted by atomic mass is 10.0. The number of Topliss-reactive ketones (excluding diaryl/α,β-unsaturated/α-hetero) is 1. The van der Waals surface area contributed by atoms with Gasteiger partial charge in [-0.25, -0.2) is 0 Å². The molecule has 0 radical (unpaired) electrons. The quantitative estimate of drug-likeness (QED) is 0.564. The Balaban J connectivity index is 1.51. The van der Waals surface area contributed by atoms with E-state index in [-0.39, 0.29) is 16.9 Å². The van der Waals surface area contributed by atoms with Crippen LogP contribution in [0.5, 0.6) is 0 Å². The molecule has 0 unspecified atom stereocenters. The van der Waals surface area contributed by atoms with Crippen molar-refractivity contribution >= 4 is 29.1 Å². The number of rotatable bonds is 6. The summed E-state index contributed by atoms with van der Waals surface area (Å²) >= 11 is 1.48. The molecule has 0 bridgehead atoms. The Bertz CT molecular complexity index is 903. The summed E-state index contributed by atoms with van der Waals surface area (Å²) in [7, 11) is 0. The standard InChI is InChI=1S/C20H24N4O2S/c1-4-23-19(14-5-6-14)21-22-20(23)27-12(2)18(26)16-7-8-17-15(11-16)9-10-24(17)13(3)25/h7-8,11-12,14H,4-6,9-10H2,1-3H3/t12-/m0/s1. The second-order valence-electron chi connectivity index (χ2n) is 7.25. The molecule has 27 heavy (non-hydrogen) atoms. The van der Waals surface area contributed by atoms with Crippen molar-refractivity contribution in [1.29, 1.82) is 0 Å². The van der Waals surface area contributed by atoms with Gasteiger partial charge in [0.25, 0.3) is 0 Å². The first-order valence-corrected chi connectivity index (χ1v) is 10.4. The smallest absolute Gasteiger partial charge is 0.223 e. The van der Waals surface area contributed by atoms with E-state index in [0.29, 0.717) is 18.0 Å². The van der Waals surface area contributed by atoms with Gasteiger partial charge in [-0.15, -0.1) is 10.2 Å². The monoisotopic (exact) mass is 384 g/mol. The highest BCUT2D eigenvalue weighted by Crippen LogP contribution is 2.40. The molecule has 142 valence electrons. The molecule has 1 aromatic carbocycles. The maximum atomic E-state index is 13.0. The minimum absolute atomic E-state index is 0.0436. The fourth-order valence-electron chi connectivity index (χ4n) is 3.66. The van der Waals surface area contributed by atoms with Gasteiger partial charge in [-0.2, -0.15) is 0 Å². The van der Waals surface area contributed by atoms with Gasteiger partial charge in [-0.1, -0.05) is 11.8 Å². The first-order valence-electron chi connectivity index (χ1n) is 9.54. The van der Waals surface area contributed by atoms with Crippen molar-refractivity contribution in [2.75, 3.05) is 11.4 Å². The number of fused-ring (bicyclic) bond motifs is 1. The van der Waals surface area contributed by atoms with Crippen LogP contribution >= 0.6 is 11.8 Å². The van der Waals surface area contributed by atoms with E-state index in [0.717, 1.165) is 35.2 Å². The number of amides is 1. The summed E-state index contributed by atoms with van der Waals surface area (Å²) in [6, 6.07) is 5.67. The van der Waals surface area contributed by atoms with Crippen LogP contribution in [-0.2, 0) is 17.8 Å². The number of carbonyl (C=O) groups is 2. The molecule has 2 aliphatic rings. The lowest BCUT2D eigenvalue weighted by Crippen LogP contribution is -2.25. The van der Waals surface area contributed by atoms with Crippen molar-refractivity contribution in [2.24, 2.45) is 0 Å². The third kappa shape index (κ3) is 3.40. The van der Waals surface area contributed by atoms with Crippen molar-refractivity contribution in [3.8, 4) is 0 Å². The minimum atomic E-state index is -0.241. The Morgan fingerprint density at radius 2 is 2.07 bits per heavy atom. The van der Waals surface area contributed by atoms with Gasteiger partial charge in [0.2, 0.25) is 5.91 Å². The SMILES string of the molecule is CCn1c(S[C@@H](C)C(=O)c2ccc3c(c2)CCN3C(C)=O)nnc1C1CC1. The molecule has 1 amide bonds. The average Bonchev–Trinajstić information content (AvgIpc) is 3.28. The topological polar surface area (TPSA) is 68.1 Å². The summed E-state index contributed by atoms with van der Waals surface area (Å²) in [6.07, 6.45) is 3.17. The first-order chi connectivity index (χ1) is 13.0. The van der Waals surface area contributed by atoms with Gasteiger partial charge >= 0.3 is 0 Å². The average molecular weight is 385 g/mol. The van der Waals surface area contributed by atoms with Crippen molar-refractivity contribution in [3.05, 3.63) is 35.2 Å². The zero-order valence-corrected chi connectivity index (χ0v) is 16.8. The van der Waals surface area contributed by atoms with Crippen molar-refractivity contribution in [1.82, 2.24) is 14.8 Å². The van der Waals surface area contributed by atoms with Gasteiger partial charge in [0, 0.05) is 37.2 Å². The molecule has 6 nitrogen and oxygen atoms in total. The summed E-state index contributed by atoms with van der Waals surface area (Å²) in [4.78, 5) is 26.4. The van der Waals surface area contributed by atoms with Gasteiger partial charge in [-0.05, 0) is 56.9 Å². The van der Waals surface area contributed by atoms with E-state index in [1.54, 1.807) is 11.8 Å². The van der Waals surface area contributed by atoms with E-state index in [4.69, 9.17) is 0 Å². The van der Waals surface area contributed by atoms with E-state index in [2.05, 4.69) is 21.7 Å². The molecular formula is C20H24N4O2S. The molecule has 7 heteroatoms. The summed E-state index contributed by atoms with van der Waals surface area (Å²) in [5.41, 5.74) is 2.70. The summed E-state index contributed by atoms with van der Waals surface area (Å²) < 4.78 is 2.14. The highest BCUT2D eigenvalue weighted by molar-refractivity contribution is 8.00. The lowest BCUT2D eigenvalue weighted by Gasteiger charge is -2.15. The van der Waals surface area contributed by atoms with Gasteiger partial charge < -0.3 is 9.47 Å². The molecule has 1 aliphatic carbocycles. The van der Waals surface area contributed by atoms with Crippen LogP contribution in [0.25, 0.3) is 0 Å². The van der Waals surface area contributed by atoms with Crippen molar-refractivity contribution in [3.63, 3.8) is 0 Å². The molecule has 0 spiro atoms.